The normalized spacial score (nSPS) is 11.8. The molecule has 0 saturated heterocycles. The van der Waals surface area contributed by atoms with Gasteiger partial charge in [0, 0.05) is 24.0 Å². The van der Waals surface area contributed by atoms with E-state index in [-0.39, 0.29) is 30.4 Å². The van der Waals surface area contributed by atoms with E-state index in [1.165, 1.54) is 0 Å². The topological polar surface area (TPSA) is 83.5 Å². The maximum atomic E-state index is 12.4. The van der Waals surface area contributed by atoms with E-state index in [0.29, 0.717) is 11.1 Å². The zero-order valence-electron chi connectivity index (χ0n) is 14.9. The Morgan fingerprint density at radius 3 is 2.04 bits per heavy atom. The van der Waals surface area contributed by atoms with Crippen molar-refractivity contribution in [2.24, 2.45) is 5.92 Å². The first-order valence-electron chi connectivity index (χ1n) is 8.57. The van der Waals surface area contributed by atoms with E-state index < -0.39 is 12.0 Å². The standard InChI is InChI=1S/C21H23NO4/c1-14(2)12-19(23)22-18(21(25)26)13-15-8-10-17(11-9-15)20(24)16-6-4-3-5-7-16/h3-11,14,18H,12-13H2,1-2H3,(H,22,23)(H,25,26)/t18-/m0/s1. The number of carboxylic acids is 1. The molecular formula is C21H23NO4. The molecule has 0 spiro atoms. The van der Waals surface area contributed by atoms with Gasteiger partial charge in [0.1, 0.15) is 6.04 Å². The second-order valence-electron chi connectivity index (χ2n) is 6.65. The molecule has 0 fully saturated rings. The molecule has 26 heavy (non-hydrogen) atoms. The summed E-state index contributed by atoms with van der Waals surface area (Å²) in [6.45, 7) is 3.80. The van der Waals surface area contributed by atoms with E-state index >= 15 is 0 Å². The van der Waals surface area contributed by atoms with Crippen LogP contribution in [0.15, 0.2) is 54.6 Å². The van der Waals surface area contributed by atoms with Crippen LogP contribution in [0, 0.1) is 5.92 Å². The quantitative estimate of drug-likeness (QED) is 0.715. The van der Waals surface area contributed by atoms with Crippen molar-refractivity contribution in [2.75, 3.05) is 0 Å². The fourth-order valence-corrected chi connectivity index (χ4v) is 2.61. The van der Waals surface area contributed by atoms with Crippen LogP contribution < -0.4 is 5.32 Å². The highest BCUT2D eigenvalue weighted by Crippen LogP contribution is 2.13. The molecule has 0 radical (unpaired) electrons. The molecule has 136 valence electrons. The van der Waals surface area contributed by atoms with Gasteiger partial charge in [-0.3, -0.25) is 9.59 Å². The fraction of sp³-hybridized carbons (Fsp3) is 0.286. The first-order valence-corrected chi connectivity index (χ1v) is 8.57. The number of hydrogen-bond acceptors (Lipinski definition) is 3. The minimum atomic E-state index is -1.08. The second-order valence-corrected chi connectivity index (χ2v) is 6.65. The summed E-state index contributed by atoms with van der Waals surface area (Å²) in [5.74, 6) is -1.28. The molecule has 1 amide bonds. The van der Waals surface area contributed by atoms with Crippen molar-refractivity contribution in [2.45, 2.75) is 32.7 Å². The van der Waals surface area contributed by atoms with Crippen LogP contribution in [0.3, 0.4) is 0 Å². The average molecular weight is 353 g/mol. The van der Waals surface area contributed by atoms with E-state index in [9.17, 15) is 19.5 Å². The molecule has 0 unspecified atom stereocenters. The molecule has 2 rings (SSSR count). The Kier molecular flexibility index (Phi) is 6.67. The van der Waals surface area contributed by atoms with E-state index in [4.69, 9.17) is 0 Å². The minimum Gasteiger partial charge on any atom is -0.480 e. The van der Waals surface area contributed by atoms with Gasteiger partial charge in [0.25, 0.3) is 0 Å². The Morgan fingerprint density at radius 2 is 1.50 bits per heavy atom. The molecule has 0 aromatic heterocycles. The SMILES string of the molecule is CC(C)CC(=O)N[C@@H](Cc1ccc(C(=O)c2ccccc2)cc1)C(=O)O. The Morgan fingerprint density at radius 1 is 0.923 bits per heavy atom. The van der Waals surface area contributed by atoms with Gasteiger partial charge in [-0.15, -0.1) is 0 Å². The number of rotatable bonds is 8. The summed E-state index contributed by atoms with van der Waals surface area (Å²) >= 11 is 0. The van der Waals surface area contributed by atoms with Crippen LogP contribution in [0.25, 0.3) is 0 Å². The maximum Gasteiger partial charge on any atom is 0.326 e. The third-order valence-electron chi connectivity index (χ3n) is 3.92. The van der Waals surface area contributed by atoms with Crippen molar-refractivity contribution < 1.29 is 19.5 Å². The predicted molar refractivity (Wildman–Crippen MR) is 99.0 cm³/mol. The fourth-order valence-electron chi connectivity index (χ4n) is 2.61. The lowest BCUT2D eigenvalue weighted by Crippen LogP contribution is -2.42. The summed E-state index contributed by atoms with van der Waals surface area (Å²) in [6.07, 6.45) is 0.452. The summed E-state index contributed by atoms with van der Waals surface area (Å²) in [5, 5.41) is 11.9. The highest BCUT2D eigenvalue weighted by atomic mass is 16.4. The van der Waals surface area contributed by atoms with Gasteiger partial charge in [0.05, 0.1) is 0 Å². The van der Waals surface area contributed by atoms with E-state index in [2.05, 4.69) is 5.32 Å². The smallest absolute Gasteiger partial charge is 0.326 e. The molecular weight excluding hydrogens is 330 g/mol. The first-order chi connectivity index (χ1) is 12.4. The van der Waals surface area contributed by atoms with Gasteiger partial charge in [-0.05, 0) is 11.5 Å². The Hall–Kier alpha value is -2.95. The van der Waals surface area contributed by atoms with E-state index in [1.54, 1.807) is 48.5 Å². The molecule has 1 atom stereocenters. The molecule has 0 saturated carbocycles. The Balaban J connectivity index is 2.05. The molecule has 2 aromatic carbocycles. The van der Waals surface area contributed by atoms with Gasteiger partial charge in [-0.25, -0.2) is 4.79 Å². The minimum absolute atomic E-state index is 0.0860. The van der Waals surface area contributed by atoms with Crippen LogP contribution in [-0.2, 0) is 16.0 Å². The van der Waals surface area contributed by atoms with Crippen molar-refractivity contribution in [3.8, 4) is 0 Å². The molecule has 0 heterocycles. The maximum absolute atomic E-state index is 12.4. The van der Waals surface area contributed by atoms with Crippen LogP contribution in [-0.4, -0.2) is 28.8 Å². The summed E-state index contributed by atoms with van der Waals surface area (Å²) in [7, 11) is 0. The number of ketones is 1. The summed E-state index contributed by atoms with van der Waals surface area (Å²) in [4.78, 5) is 35.6. The predicted octanol–water partition coefficient (Wildman–Crippen LogP) is 3.08. The molecule has 2 N–H and O–H groups in total. The number of aliphatic carboxylic acids is 1. The number of nitrogens with one attached hydrogen (secondary N) is 1. The molecule has 2 aromatic rings. The van der Waals surface area contributed by atoms with E-state index in [1.807, 2.05) is 19.9 Å². The molecule has 0 aliphatic rings. The second kappa shape index (κ2) is 8.94. The number of carboxylic acid groups (broad SMARTS) is 1. The van der Waals surface area contributed by atoms with Gasteiger partial charge in [-0.1, -0.05) is 68.4 Å². The van der Waals surface area contributed by atoms with Crippen molar-refractivity contribution in [3.05, 3.63) is 71.3 Å². The van der Waals surface area contributed by atoms with Gasteiger partial charge in [-0.2, -0.15) is 0 Å². The van der Waals surface area contributed by atoms with Crippen LogP contribution in [0.1, 0.15) is 41.8 Å². The lowest BCUT2D eigenvalue weighted by molar-refractivity contribution is -0.141. The Labute approximate surface area is 153 Å². The highest BCUT2D eigenvalue weighted by molar-refractivity contribution is 6.08. The van der Waals surface area contributed by atoms with Crippen LogP contribution in [0.2, 0.25) is 0 Å². The lowest BCUT2D eigenvalue weighted by atomic mass is 9.99. The summed E-state index contributed by atoms with van der Waals surface area (Å²) in [5.41, 5.74) is 1.88. The van der Waals surface area contributed by atoms with Crippen molar-refractivity contribution in [1.82, 2.24) is 5.32 Å². The van der Waals surface area contributed by atoms with Gasteiger partial charge >= 0.3 is 5.97 Å². The third-order valence-corrected chi connectivity index (χ3v) is 3.92. The van der Waals surface area contributed by atoms with Crippen molar-refractivity contribution in [1.29, 1.82) is 0 Å². The largest absolute Gasteiger partial charge is 0.480 e. The monoisotopic (exact) mass is 353 g/mol. The summed E-state index contributed by atoms with van der Waals surface area (Å²) in [6, 6.07) is 14.8. The zero-order valence-corrected chi connectivity index (χ0v) is 14.9. The van der Waals surface area contributed by atoms with Crippen molar-refractivity contribution >= 4 is 17.7 Å². The lowest BCUT2D eigenvalue weighted by Gasteiger charge is -2.15. The number of hydrogen-bond donors (Lipinski definition) is 2. The highest BCUT2D eigenvalue weighted by Gasteiger charge is 2.21. The third kappa shape index (κ3) is 5.55. The number of carbonyl (C=O) groups excluding carboxylic acids is 2. The van der Waals surface area contributed by atoms with Crippen LogP contribution in [0.5, 0.6) is 0 Å². The zero-order chi connectivity index (χ0) is 19.1. The van der Waals surface area contributed by atoms with E-state index in [0.717, 1.165) is 5.56 Å². The van der Waals surface area contributed by atoms with Gasteiger partial charge < -0.3 is 10.4 Å². The molecule has 0 bridgehead atoms. The van der Waals surface area contributed by atoms with Crippen molar-refractivity contribution in [3.63, 3.8) is 0 Å². The number of carbonyl (C=O) groups is 3. The number of amides is 1. The molecule has 5 heteroatoms. The summed E-state index contributed by atoms with van der Waals surface area (Å²) < 4.78 is 0. The molecule has 5 nitrogen and oxygen atoms in total. The average Bonchev–Trinajstić information content (AvgIpc) is 2.61. The van der Waals surface area contributed by atoms with Gasteiger partial charge in [0.15, 0.2) is 5.78 Å². The molecule has 0 aliphatic carbocycles. The van der Waals surface area contributed by atoms with Gasteiger partial charge in [0.2, 0.25) is 5.91 Å². The Bertz CT molecular complexity index is 766. The van der Waals surface area contributed by atoms with Crippen LogP contribution >= 0.6 is 0 Å². The number of benzene rings is 2. The van der Waals surface area contributed by atoms with Crippen LogP contribution in [0.4, 0.5) is 0 Å². The first kappa shape index (κ1) is 19.4. The molecule has 0 aliphatic heterocycles.